The van der Waals surface area contributed by atoms with Crippen LogP contribution < -0.4 is 5.32 Å². The van der Waals surface area contributed by atoms with Gasteiger partial charge in [-0.25, -0.2) is 0 Å². The first-order chi connectivity index (χ1) is 9.87. The number of nitrogens with one attached hydrogen (secondary N) is 1. The van der Waals surface area contributed by atoms with Crippen molar-refractivity contribution in [2.24, 2.45) is 0 Å². The Hall–Kier alpha value is -1.07. The Morgan fingerprint density at radius 1 is 1.24 bits per heavy atom. The first kappa shape index (κ1) is 16.3. The summed E-state index contributed by atoms with van der Waals surface area (Å²) in [5.41, 5.74) is 0.691. The van der Waals surface area contributed by atoms with Gasteiger partial charge < -0.3 is 5.32 Å². The molecular weight excluding hydrogens is 277 g/mol. The Morgan fingerprint density at radius 2 is 1.86 bits per heavy atom. The lowest BCUT2D eigenvalue weighted by Crippen LogP contribution is -2.41. The second kappa shape index (κ2) is 6.79. The second-order valence-corrected chi connectivity index (χ2v) is 5.94. The number of nitrogens with zero attached hydrogens (tertiary/aromatic N) is 1. The standard InChI is InChI=1S/C16H23F3N2/c1-12(21(2)14-8-9-14)11-20-15(10-16(17,18)19)13-6-4-3-5-7-13/h3-7,12,14-15,20H,8-11H2,1-2H3. The molecule has 0 heterocycles. The number of likely N-dealkylation sites (N-methyl/N-ethyl adjacent to an activating group) is 1. The second-order valence-electron chi connectivity index (χ2n) is 5.94. The molecule has 1 aromatic carbocycles. The molecule has 0 spiro atoms. The highest BCUT2D eigenvalue weighted by Crippen LogP contribution is 2.30. The van der Waals surface area contributed by atoms with Crippen LogP contribution in [0.4, 0.5) is 13.2 Å². The van der Waals surface area contributed by atoms with E-state index in [1.54, 1.807) is 24.3 Å². The van der Waals surface area contributed by atoms with Crippen LogP contribution in [-0.2, 0) is 0 Å². The Bertz CT molecular complexity index is 429. The van der Waals surface area contributed by atoms with Crippen molar-refractivity contribution >= 4 is 0 Å². The number of rotatable bonds is 7. The quantitative estimate of drug-likeness (QED) is 0.825. The molecule has 1 saturated carbocycles. The number of benzene rings is 1. The Morgan fingerprint density at radius 3 is 2.38 bits per heavy atom. The molecule has 2 rings (SSSR count). The van der Waals surface area contributed by atoms with Gasteiger partial charge in [0.2, 0.25) is 0 Å². The third-order valence-corrected chi connectivity index (χ3v) is 4.12. The predicted octanol–water partition coefficient (Wildman–Crippen LogP) is 3.75. The van der Waals surface area contributed by atoms with Crippen LogP contribution >= 0.6 is 0 Å². The van der Waals surface area contributed by atoms with E-state index in [0.29, 0.717) is 18.2 Å². The number of hydrogen-bond acceptors (Lipinski definition) is 2. The molecule has 21 heavy (non-hydrogen) atoms. The van der Waals surface area contributed by atoms with Gasteiger partial charge in [-0.15, -0.1) is 0 Å². The molecule has 1 fully saturated rings. The lowest BCUT2D eigenvalue weighted by molar-refractivity contribution is -0.140. The molecule has 1 N–H and O–H groups in total. The average Bonchev–Trinajstić information content (AvgIpc) is 3.26. The molecule has 118 valence electrons. The van der Waals surface area contributed by atoms with E-state index < -0.39 is 18.6 Å². The van der Waals surface area contributed by atoms with Gasteiger partial charge in [-0.1, -0.05) is 30.3 Å². The van der Waals surface area contributed by atoms with Crippen LogP contribution in [0.5, 0.6) is 0 Å². The van der Waals surface area contributed by atoms with E-state index in [2.05, 4.69) is 17.1 Å². The van der Waals surface area contributed by atoms with Gasteiger partial charge in [-0.2, -0.15) is 13.2 Å². The van der Waals surface area contributed by atoms with Crippen LogP contribution in [0.3, 0.4) is 0 Å². The number of halogens is 3. The van der Waals surface area contributed by atoms with Gasteiger partial charge in [0, 0.05) is 24.7 Å². The van der Waals surface area contributed by atoms with Crippen LogP contribution in [0.25, 0.3) is 0 Å². The molecule has 0 bridgehead atoms. The van der Waals surface area contributed by atoms with Crippen molar-refractivity contribution in [3.05, 3.63) is 35.9 Å². The maximum atomic E-state index is 12.8. The fourth-order valence-electron chi connectivity index (χ4n) is 2.52. The lowest BCUT2D eigenvalue weighted by Gasteiger charge is -2.28. The SMILES string of the molecule is CC(CNC(CC(F)(F)F)c1ccccc1)N(C)C1CC1. The number of alkyl halides is 3. The zero-order chi connectivity index (χ0) is 15.5. The van der Waals surface area contributed by atoms with E-state index >= 15 is 0 Å². The first-order valence-electron chi connectivity index (χ1n) is 7.44. The molecule has 0 radical (unpaired) electrons. The van der Waals surface area contributed by atoms with Crippen molar-refractivity contribution in [2.45, 2.75) is 50.5 Å². The van der Waals surface area contributed by atoms with Crippen molar-refractivity contribution in [1.82, 2.24) is 10.2 Å². The van der Waals surface area contributed by atoms with Crippen LogP contribution in [0, 0.1) is 0 Å². The Kier molecular flexibility index (Phi) is 5.27. The topological polar surface area (TPSA) is 15.3 Å². The van der Waals surface area contributed by atoms with Gasteiger partial charge in [-0.3, -0.25) is 4.90 Å². The zero-order valence-corrected chi connectivity index (χ0v) is 12.5. The monoisotopic (exact) mass is 300 g/mol. The van der Waals surface area contributed by atoms with E-state index in [-0.39, 0.29) is 6.04 Å². The molecule has 1 aliphatic rings. The molecule has 0 aliphatic heterocycles. The van der Waals surface area contributed by atoms with Gasteiger partial charge in [-0.05, 0) is 32.4 Å². The highest BCUT2D eigenvalue weighted by atomic mass is 19.4. The van der Waals surface area contributed by atoms with E-state index in [0.717, 1.165) is 0 Å². The highest BCUT2D eigenvalue weighted by Gasteiger charge is 2.33. The van der Waals surface area contributed by atoms with Gasteiger partial charge in [0.15, 0.2) is 0 Å². The predicted molar refractivity (Wildman–Crippen MR) is 78.1 cm³/mol. The van der Waals surface area contributed by atoms with E-state index in [1.165, 1.54) is 12.8 Å². The molecule has 1 aliphatic carbocycles. The lowest BCUT2D eigenvalue weighted by atomic mass is 10.0. The summed E-state index contributed by atoms with van der Waals surface area (Å²) >= 11 is 0. The Labute approximate surface area is 124 Å². The van der Waals surface area contributed by atoms with Crippen molar-refractivity contribution in [3.63, 3.8) is 0 Å². The van der Waals surface area contributed by atoms with Gasteiger partial charge in [0.1, 0.15) is 0 Å². The zero-order valence-electron chi connectivity index (χ0n) is 12.5. The molecule has 2 nitrogen and oxygen atoms in total. The van der Waals surface area contributed by atoms with Crippen LogP contribution in [0.2, 0.25) is 0 Å². The van der Waals surface area contributed by atoms with Crippen molar-refractivity contribution in [1.29, 1.82) is 0 Å². The summed E-state index contributed by atoms with van der Waals surface area (Å²) in [6.07, 6.45) is -2.60. The summed E-state index contributed by atoms with van der Waals surface area (Å²) < 4.78 is 38.3. The molecule has 0 saturated heterocycles. The van der Waals surface area contributed by atoms with Crippen molar-refractivity contribution in [3.8, 4) is 0 Å². The minimum Gasteiger partial charge on any atom is -0.308 e. The molecule has 2 atom stereocenters. The van der Waals surface area contributed by atoms with Crippen molar-refractivity contribution < 1.29 is 13.2 Å². The fraction of sp³-hybridized carbons (Fsp3) is 0.625. The largest absolute Gasteiger partial charge is 0.390 e. The summed E-state index contributed by atoms with van der Waals surface area (Å²) in [6.45, 7) is 2.61. The van der Waals surface area contributed by atoms with E-state index in [1.807, 2.05) is 13.1 Å². The molecule has 0 aromatic heterocycles. The molecule has 0 amide bonds. The summed E-state index contributed by atoms with van der Waals surface area (Å²) in [5, 5.41) is 3.09. The summed E-state index contributed by atoms with van der Waals surface area (Å²) in [4.78, 5) is 2.25. The maximum absolute atomic E-state index is 12.8. The minimum atomic E-state index is -4.17. The summed E-state index contributed by atoms with van der Waals surface area (Å²) in [6, 6.07) is 9.03. The normalized spacial score (nSPS) is 18.8. The fourth-order valence-corrected chi connectivity index (χ4v) is 2.52. The van der Waals surface area contributed by atoms with Crippen molar-refractivity contribution in [2.75, 3.05) is 13.6 Å². The van der Waals surface area contributed by atoms with E-state index in [9.17, 15) is 13.2 Å². The smallest absolute Gasteiger partial charge is 0.308 e. The van der Waals surface area contributed by atoms with Gasteiger partial charge >= 0.3 is 6.18 Å². The minimum absolute atomic E-state index is 0.233. The highest BCUT2D eigenvalue weighted by molar-refractivity contribution is 5.19. The molecule has 1 aromatic rings. The first-order valence-corrected chi connectivity index (χ1v) is 7.44. The van der Waals surface area contributed by atoms with Crippen LogP contribution in [-0.4, -0.2) is 36.8 Å². The maximum Gasteiger partial charge on any atom is 0.390 e. The molecule has 2 unspecified atom stereocenters. The van der Waals surface area contributed by atoms with Crippen LogP contribution in [0.15, 0.2) is 30.3 Å². The third-order valence-electron chi connectivity index (χ3n) is 4.12. The Balaban J connectivity index is 1.95. The van der Waals surface area contributed by atoms with Gasteiger partial charge in [0.05, 0.1) is 6.42 Å². The molecule has 5 heteroatoms. The summed E-state index contributed by atoms with van der Waals surface area (Å²) in [7, 11) is 2.05. The average molecular weight is 300 g/mol. The van der Waals surface area contributed by atoms with E-state index in [4.69, 9.17) is 0 Å². The number of hydrogen-bond donors (Lipinski definition) is 1. The van der Waals surface area contributed by atoms with Gasteiger partial charge in [0.25, 0.3) is 0 Å². The third kappa shape index (κ3) is 5.32. The molecular formula is C16H23F3N2. The summed E-state index contributed by atoms with van der Waals surface area (Å²) in [5.74, 6) is 0. The van der Waals surface area contributed by atoms with Crippen LogP contribution in [0.1, 0.15) is 37.8 Å².